The van der Waals surface area contributed by atoms with Gasteiger partial charge in [0.15, 0.2) is 5.84 Å². The molecule has 11 heteroatoms. The average Bonchev–Trinajstić information content (AvgIpc) is 3.35. The molecule has 0 aliphatic rings. The van der Waals surface area contributed by atoms with Crippen LogP contribution in [0.3, 0.4) is 0 Å². The van der Waals surface area contributed by atoms with Gasteiger partial charge in [-0.05, 0) is 38.4 Å². The third kappa shape index (κ3) is 10.8. The van der Waals surface area contributed by atoms with E-state index in [9.17, 15) is 10.1 Å². The van der Waals surface area contributed by atoms with Crippen molar-refractivity contribution in [3.8, 4) is 0 Å². The minimum Gasteiger partial charge on any atom is -0.464 e. The van der Waals surface area contributed by atoms with E-state index in [0.29, 0.717) is 30.4 Å². The van der Waals surface area contributed by atoms with Crippen LogP contribution in [-0.2, 0) is 24.7 Å². The number of furan rings is 2. The van der Waals surface area contributed by atoms with Crippen LogP contribution in [0.15, 0.2) is 38.1 Å². The number of hydrogen-bond donors (Lipinski definition) is 2. The van der Waals surface area contributed by atoms with Crippen LogP contribution in [0.2, 0.25) is 0 Å². The lowest BCUT2D eigenvalue weighted by molar-refractivity contribution is -0.463. The molecule has 2 heterocycles. The summed E-state index contributed by atoms with van der Waals surface area (Å²) in [6.07, 6.45) is 0. The standard InChI is InChI=1S/C20H30N4O5S2/c1-23(2)11-16-3-5-18(28-16)14-30-9-7-21-20(12-24(26)27)22-8-10-31-15-19-6-4-17(13-25)29-19/h3-6,25H,7-15H2,1-2H3,(H,21,22). The topological polar surface area (TPSA) is 117 Å². The summed E-state index contributed by atoms with van der Waals surface area (Å²) in [5, 5.41) is 23.0. The van der Waals surface area contributed by atoms with Crippen LogP contribution in [0.25, 0.3) is 0 Å². The highest BCUT2D eigenvalue weighted by molar-refractivity contribution is 7.98. The van der Waals surface area contributed by atoms with Gasteiger partial charge in [-0.3, -0.25) is 15.1 Å². The maximum Gasteiger partial charge on any atom is 0.259 e. The summed E-state index contributed by atoms with van der Waals surface area (Å²) in [5.74, 6) is 6.57. The van der Waals surface area contributed by atoms with Gasteiger partial charge in [-0.15, -0.1) is 0 Å². The molecule has 0 aliphatic heterocycles. The van der Waals surface area contributed by atoms with Gasteiger partial charge < -0.3 is 24.2 Å². The number of thioether (sulfide) groups is 2. The van der Waals surface area contributed by atoms with E-state index in [1.807, 2.05) is 32.3 Å². The van der Waals surface area contributed by atoms with Crippen LogP contribution in [0.1, 0.15) is 23.0 Å². The number of amidine groups is 1. The second-order valence-corrected chi connectivity index (χ2v) is 9.19. The van der Waals surface area contributed by atoms with E-state index in [4.69, 9.17) is 13.9 Å². The summed E-state index contributed by atoms with van der Waals surface area (Å²) in [4.78, 5) is 16.9. The average molecular weight is 471 g/mol. The predicted molar refractivity (Wildman–Crippen MR) is 125 cm³/mol. The van der Waals surface area contributed by atoms with E-state index in [-0.39, 0.29) is 18.1 Å². The van der Waals surface area contributed by atoms with Gasteiger partial charge in [0.05, 0.1) is 24.6 Å². The van der Waals surface area contributed by atoms with Crippen molar-refractivity contribution in [3.05, 3.63) is 57.4 Å². The molecule has 9 nitrogen and oxygen atoms in total. The van der Waals surface area contributed by atoms with Crippen molar-refractivity contribution in [2.75, 3.05) is 45.2 Å². The Bertz CT molecular complexity index is 822. The van der Waals surface area contributed by atoms with Crippen LogP contribution < -0.4 is 5.32 Å². The summed E-state index contributed by atoms with van der Waals surface area (Å²) >= 11 is 3.33. The normalized spacial score (nSPS) is 11.9. The van der Waals surface area contributed by atoms with Crippen molar-refractivity contribution < 1.29 is 18.9 Å². The molecule has 0 radical (unpaired) electrons. The third-order valence-electron chi connectivity index (χ3n) is 3.94. The van der Waals surface area contributed by atoms with E-state index in [2.05, 4.69) is 15.2 Å². The zero-order chi connectivity index (χ0) is 22.5. The monoisotopic (exact) mass is 470 g/mol. The van der Waals surface area contributed by atoms with E-state index >= 15 is 0 Å². The van der Waals surface area contributed by atoms with E-state index < -0.39 is 0 Å². The zero-order valence-electron chi connectivity index (χ0n) is 17.9. The first-order valence-electron chi connectivity index (χ1n) is 9.91. The number of aliphatic hydroxyl groups is 1. The Morgan fingerprint density at radius 2 is 1.71 bits per heavy atom. The van der Waals surface area contributed by atoms with E-state index in [1.165, 1.54) is 0 Å². The lowest BCUT2D eigenvalue weighted by atomic mass is 10.4. The van der Waals surface area contributed by atoms with Gasteiger partial charge in [0.2, 0.25) is 0 Å². The molecule has 2 aromatic heterocycles. The Morgan fingerprint density at radius 3 is 2.32 bits per heavy atom. The zero-order valence-corrected chi connectivity index (χ0v) is 19.5. The molecular formula is C20H30N4O5S2. The number of rotatable bonds is 15. The highest BCUT2D eigenvalue weighted by atomic mass is 32.2. The molecule has 0 unspecified atom stereocenters. The van der Waals surface area contributed by atoms with E-state index in [1.54, 1.807) is 29.6 Å². The van der Waals surface area contributed by atoms with Crippen molar-refractivity contribution in [2.45, 2.75) is 24.7 Å². The Balaban J connectivity index is 1.64. The fraction of sp³-hybridized carbons (Fsp3) is 0.550. The Labute approximate surface area is 190 Å². The van der Waals surface area contributed by atoms with Crippen molar-refractivity contribution >= 4 is 29.4 Å². The highest BCUT2D eigenvalue weighted by Crippen LogP contribution is 2.16. The van der Waals surface area contributed by atoms with Crippen molar-refractivity contribution in [1.29, 1.82) is 0 Å². The number of aliphatic hydroxyl groups excluding tert-OH is 1. The second kappa shape index (κ2) is 14.2. The van der Waals surface area contributed by atoms with Crippen LogP contribution in [0.4, 0.5) is 0 Å². The molecule has 0 amide bonds. The highest BCUT2D eigenvalue weighted by Gasteiger charge is 2.08. The molecule has 31 heavy (non-hydrogen) atoms. The molecule has 0 saturated carbocycles. The lowest BCUT2D eigenvalue weighted by Crippen LogP contribution is -2.32. The summed E-state index contributed by atoms with van der Waals surface area (Å²) < 4.78 is 11.2. The smallest absolute Gasteiger partial charge is 0.259 e. The van der Waals surface area contributed by atoms with Gasteiger partial charge >= 0.3 is 0 Å². The van der Waals surface area contributed by atoms with Crippen LogP contribution in [-0.4, -0.2) is 66.0 Å². The van der Waals surface area contributed by atoms with Crippen molar-refractivity contribution in [1.82, 2.24) is 10.2 Å². The number of hydrogen-bond acceptors (Lipinski definition) is 9. The molecule has 0 fully saturated rings. The summed E-state index contributed by atoms with van der Waals surface area (Å²) in [5.41, 5.74) is 0. The molecule has 2 rings (SSSR count). The molecule has 0 atom stereocenters. The summed E-state index contributed by atoms with van der Waals surface area (Å²) in [6.45, 7) is 1.45. The quantitative estimate of drug-likeness (QED) is 0.133. The molecule has 2 N–H and O–H groups in total. The van der Waals surface area contributed by atoms with Gasteiger partial charge in [-0.1, -0.05) is 0 Å². The second-order valence-electron chi connectivity index (χ2n) is 6.98. The predicted octanol–water partition coefficient (Wildman–Crippen LogP) is 2.86. The first-order chi connectivity index (χ1) is 15.0. The third-order valence-corrected chi connectivity index (χ3v) is 5.89. The first-order valence-corrected chi connectivity index (χ1v) is 12.2. The van der Waals surface area contributed by atoms with Gasteiger partial charge in [0.25, 0.3) is 6.54 Å². The van der Waals surface area contributed by atoms with Crippen LogP contribution in [0, 0.1) is 10.1 Å². The molecule has 2 aromatic rings. The molecule has 0 spiro atoms. The van der Waals surface area contributed by atoms with Gasteiger partial charge in [0.1, 0.15) is 29.6 Å². The number of nitro groups is 1. The molecule has 0 saturated heterocycles. The maximum absolute atomic E-state index is 10.9. The Hall–Kier alpha value is -1.95. The minimum absolute atomic E-state index is 0.107. The van der Waals surface area contributed by atoms with Gasteiger partial charge in [-0.2, -0.15) is 23.5 Å². The molecule has 0 aliphatic carbocycles. The largest absolute Gasteiger partial charge is 0.464 e. The molecule has 0 aromatic carbocycles. The van der Waals surface area contributed by atoms with Crippen LogP contribution in [0.5, 0.6) is 0 Å². The van der Waals surface area contributed by atoms with E-state index in [0.717, 1.165) is 41.1 Å². The fourth-order valence-corrected chi connectivity index (χ4v) is 4.09. The Morgan fingerprint density at radius 1 is 1.10 bits per heavy atom. The van der Waals surface area contributed by atoms with Crippen molar-refractivity contribution in [2.24, 2.45) is 4.99 Å². The molecular weight excluding hydrogens is 440 g/mol. The number of aliphatic imine (C=N–C) groups is 1. The number of nitrogens with one attached hydrogen (secondary N) is 1. The van der Waals surface area contributed by atoms with Crippen molar-refractivity contribution in [3.63, 3.8) is 0 Å². The lowest BCUT2D eigenvalue weighted by Gasteiger charge is -2.07. The molecule has 172 valence electrons. The minimum atomic E-state index is -0.374. The van der Waals surface area contributed by atoms with Crippen LogP contribution >= 0.6 is 23.5 Å². The summed E-state index contributed by atoms with van der Waals surface area (Å²) in [6, 6.07) is 7.57. The SMILES string of the molecule is CN(C)Cc1ccc(CSCCN=C(C[N+](=O)[O-])NCCSCc2ccc(CO)o2)o1. The first kappa shape index (κ1) is 25.3. The number of nitrogens with zero attached hydrogens (tertiary/aromatic N) is 3. The van der Waals surface area contributed by atoms with Gasteiger partial charge in [0, 0.05) is 23.0 Å². The summed E-state index contributed by atoms with van der Waals surface area (Å²) in [7, 11) is 3.99. The fourth-order valence-electron chi connectivity index (χ4n) is 2.62. The Kier molecular flexibility index (Phi) is 11.6. The molecule has 0 bridgehead atoms. The maximum atomic E-state index is 10.9. The van der Waals surface area contributed by atoms with Gasteiger partial charge in [-0.25, -0.2) is 0 Å².